The SMILES string of the molecule is C[C@H](N)CN1CCC(N2CCOCC2)C1. The molecule has 0 aromatic rings. The fourth-order valence-electron chi connectivity index (χ4n) is 2.63. The van der Waals surface area contributed by atoms with Gasteiger partial charge in [0, 0.05) is 38.3 Å². The Kier molecular flexibility index (Phi) is 3.97. The number of morpholine rings is 1. The summed E-state index contributed by atoms with van der Waals surface area (Å²) in [5.41, 5.74) is 5.82. The number of nitrogens with zero attached hydrogens (tertiary/aromatic N) is 2. The van der Waals surface area contributed by atoms with Crippen molar-refractivity contribution in [3.63, 3.8) is 0 Å². The van der Waals surface area contributed by atoms with Crippen molar-refractivity contribution >= 4 is 0 Å². The molecule has 0 aromatic heterocycles. The first kappa shape index (κ1) is 11.3. The molecule has 2 N–H and O–H groups in total. The van der Waals surface area contributed by atoms with E-state index in [9.17, 15) is 0 Å². The van der Waals surface area contributed by atoms with Crippen molar-refractivity contribution in [3.05, 3.63) is 0 Å². The molecule has 15 heavy (non-hydrogen) atoms. The molecule has 2 heterocycles. The van der Waals surface area contributed by atoms with Crippen LogP contribution in [0.25, 0.3) is 0 Å². The van der Waals surface area contributed by atoms with E-state index in [-0.39, 0.29) is 0 Å². The van der Waals surface area contributed by atoms with Gasteiger partial charge in [-0.25, -0.2) is 0 Å². The van der Waals surface area contributed by atoms with E-state index in [0.29, 0.717) is 6.04 Å². The van der Waals surface area contributed by atoms with Gasteiger partial charge in [-0.15, -0.1) is 0 Å². The predicted octanol–water partition coefficient (Wildman–Crippen LogP) is -0.260. The van der Waals surface area contributed by atoms with Gasteiger partial charge in [0.2, 0.25) is 0 Å². The molecule has 2 aliphatic heterocycles. The molecule has 2 fully saturated rings. The average molecular weight is 213 g/mol. The Hall–Kier alpha value is -0.160. The van der Waals surface area contributed by atoms with Gasteiger partial charge < -0.3 is 15.4 Å². The van der Waals surface area contributed by atoms with Gasteiger partial charge in [-0.05, 0) is 19.9 Å². The lowest BCUT2D eigenvalue weighted by Gasteiger charge is -2.32. The summed E-state index contributed by atoms with van der Waals surface area (Å²) in [5.74, 6) is 0. The Balaban J connectivity index is 1.76. The van der Waals surface area contributed by atoms with E-state index in [4.69, 9.17) is 10.5 Å². The summed E-state index contributed by atoms with van der Waals surface area (Å²) in [6, 6.07) is 1.04. The molecule has 4 heteroatoms. The molecule has 0 spiro atoms. The highest BCUT2D eigenvalue weighted by molar-refractivity contribution is 4.85. The summed E-state index contributed by atoms with van der Waals surface area (Å²) in [5, 5.41) is 0. The fourth-order valence-corrected chi connectivity index (χ4v) is 2.63. The molecule has 0 bridgehead atoms. The number of likely N-dealkylation sites (tertiary alicyclic amines) is 1. The third kappa shape index (κ3) is 3.14. The average Bonchev–Trinajstić information content (AvgIpc) is 2.67. The lowest BCUT2D eigenvalue weighted by atomic mass is 10.2. The first-order chi connectivity index (χ1) is 7.25. The Labute approximate surface area is 92.4 Å². The third-order valence-corrected chi connectivity index (χ3v) is 3.36. The fraction of sp³-hybridized carbons (Fsp3) is 1.00. The highest BCUT2D eigenvalue weighted by atomic mass is 16.5. The van der Waals surface area contributed by atoms with Gasteiger partial charge in [0.15, 0.2) is 0 Å². The number of ether oxygens (including phenoxy) is 1. The van der Waals surface area contributed by atoms with Crippen molar-refractivity contribution < 1.29 is 4.74 Å². The molecule has 0 aliphatic carbocycles. The molecular formula is C11H23N3O. The molecule has 1 unspecified atom stereocenters. The van der Waals surface area contributed by atoms with Gasteiger partial charge in [0.25, 0.3) is 0 Å². The van der Waals surface area contributed by atoms with E-state index in [1.807, 2.05) is 0 Å². The molecule has 2 rings (SSSR count). The molecule has 4 nitrogen and oxygen atoms in total. The normalized spacial score (nSPS) is 32.0. The summed E-state index contributed by atoms with van der Waals surface area (Å²) in [7, 11) is 0. The Morgan fingerprint density at radius 1 is 1.33 bits per heavy atom. The van der Waals surface area contributed by atoms with Crippen molar-refractivity contribution in [1.82, 2.24) is 9.80 Å². The Bertz CT molecular complexity index is 192. The van der Waals surface area contributed by atoms with Crippen molar-refractivity contribution in [2.24, 2.45) is 5.73 Å². The highest BCUT2D eigenvalue weighted by Crippen LogP contribution is 2.16. The van der Waals surface area contributed by atoms with Crippen LogP contribution >= 0.6 is 0 Å². The summed E-state index contributed by atoms with van der Waals surface area (Å²) in [4.78, 5) is 5.06. The maximum atomic E-state index is 5.82. The molecular weight excluding hydrogens is 190 g/mol. The van der Waals surface area contributed by atoms with Gasteiger partial charge in [-0.2, -0.15) is 0 Å². The summed E-state index contributed by atoms with van der Waals surface area (Å²) >= 11 is 0. The smallest absolute Gasteiger partial charge is 0.0594 e. The summed E-state index contributed by atoms with van der Waals surface area (Å²) in [6.45, 7) is 9.56. The van der Waals surface area contributed by atoms with Gasteiger partial charge in [0.1, 0.15) is 0 Å². The van der Waals surface area contributed by atoms with Crippen molar-refractivity contribution in [2.75, 3.05) is 45.9 Å². The zero-order chi connectivity index (χ0) is 10.7. The zero-order valence-corrected chi connectivity index (χ0v) is 9.69. The van der Waals surface area contributed by atoms with Crippen LogP contribution in [0.3, 0.4) is 0 Å². The molecule has 2 atom stereocenters. The van der Waals surface area contributed by atoms with Crippen LogP contribution in [-0.2, 0) is 4.74 Å². The van der Waals surface area contributed by atoms with E-state index >= 15 is 0 Å². The van der Waals surface area contributed by atoms with Gasteiger partial charge in [-0.1, -0.05) is 0 Å². The quantitative estimate of drug-likeness (QED) is 0.701. The van der Waals surface area contributed by atoms with E-state index in [0.717, 1.165) is 38.9 Å². The van der Waals surface area contributed by atoms with Crippen LogP contribution in [0.15, 0.2) is 0 Å². The van der Waals surface area contributed by atoms with Crippen LogP contribution in [0.5, 0.6) is 0 Å². The third-order valence-electron chi connectivity index (χ3n) is 3.36. The van der Waals surface area contributed by atoms with E-state index in [1.165, 1.54) is 19.5 Å². The molecule has 88 valence electrons. The topological polar surface area (TPSA) is 41.7 Å². The summed E-state index contributed by atoms with van der Waals surface area (Å²) < 4.78 is 5.38. The maximum absolute atomic E-state index is 5.82. The van der Waals surface area contributed by atoms with E-state index in [2.05, 4.69) is 16.7 Å². The lowest BCUT2D eigenvalue weighted by Crippen LogP contribution is -2.45. The number of hydrogen-bond donors (Lipinski definition) is 1. The first-order valence-electron chi connectivity index (χ1n) is 6.05. The van der Waals surface area contributed by atoms with Crippen molar-refractivity contribution in [1.29, 1.82) is 0 Å². The first-order valence-corrected chi connectivity index (χ1v) is 6.05. The van der Waals surface area contributed by atoms with Crippen LogP contribution in [0.2, 0.25) is 0 Å². The van der Waals surface area contributed by atoms with Crippen LogP contribution in [0.4, 0.5) is 0 Å². The maximum Gasteiger partial charge on any atom is 0.0594 e. The molecule has 0 aromatic carbocycles. The highest BCUT2D eigenvalue weighted by Gasteiger charge is 2.28. The molecule has 2 aliphatic rings. The molecule has 2 saturated heterocycles. The van der Waals surface area contributed by atoms with Gasteiger partial charge in [-0.3, -0.25) is 4.90 Å². The zero-order valence-electron chi connectivity index (χ0n) is 9.69. The molecule has 0 radical (unpaired) electrons. The van der Waals surface area contributed by atoms with Crippen LogP contribution in [0, 0.1) is 0 Å². The number of rotatable bonds is 3. The number of nitrogens with two attached hydrogens (primary N) is 1. The second kappa shape index (κ2) is 5.25. The van der Waals surface area contributed by atoms with Gasteiger partial charge in [0.05, 0.1) is 13.2 Å². The van der Waals surface area contributed by atoms with Crippen LogP contribution in [-0.4, -0.2) is 67.8 Å². The standard InChI is InChI=1S/C11H23N3O/c1-10(12)8-13-3-2-11(9-13)14-4-6-15-7-5-14/h10-11H,2-9,12H2,1H3/t10-,11?/m0/s1. The van der Waals surface area contributed by atoms with Crippen LogP contribution in [0.1, 0.15) is 13.3 Å². The van der Waals surface area contributed by atoms with Crippen LogP contribution < -0.4 is 5.73 Å². The van der Waals surface area contributed by atoms with Crippen molar-refractivity contribution in [3.8, 4) is 0 Å². The van der Waals surface area contributed by atoms with E-state index < -0.39 is 0 Å². The molecule has 0 saturated carbocycles. The Morgan fingerprint density at radius 3 is 2.73 bits per heavy atom. The predicted molar refractivity (Wildman–Crippen MR) is 60.9 cm³/mol. The molecule has 0 amide bonds. The second-order valence-corrected chi connectivity index (χ2v) is 4.83. The van der Waals surface area contributed by atoms with E-state index in [1.54, 1.807) is 0 Å². The minimum atomic E-state index is 0.299. The number of hydrogen-bond acceptors (Lipinski definition) is 4. The monoisotopic (exact) mass is 213 g/mol. The largest absolute Gasteiger partial charge is 0.379 e. The minimum absolute atomic E-state index is 0.299. The lowest BCUT2D eigenvalue weighted by molar-refractivity contribution is 0.0184. The van der Waals surface area contributed by atoms with Crippen molar-refractivity contribution in [2.45, 2.75) is 25.4 Å². The Morgan fingerprint density at radius 2 is 2.07 bits per heavy atom. The van der Waals surface area contributed by atoms with Gasteiger partial charge >= 0.3 is 0 Å². The summed E-state index contributed by atoms with van der Waals surface area (Å²) in [6.07, 6.45) is 1.30. The second-order valence-electron chi connectivity index (χ2n) is 4.83. The minimum Gasteiger partial charge on any atom is -0.379 e.